The fraction of sp³-hybridized carbons (Fsp3) is 0.929. The van der Waals surface area contributed by atoms with Gasteiger partial charge in [0, 0.05) is 12.6 Å². The van der Waals surface area contributed by atoms with Crippen LogP contribution >= 0.6 is 0 Å². The molecule has 1 unspecified atom stereocenters. The molecule has 106 valence electrons. The van der Waals surface area contributed by atoms with Crippen LogP contribution < -0.4 is 10.6 Å². The van der Waals surface area contributed by atoms with Crippen LogP contribution in [0.4, 0.5) is 0 Å². The highest BCUT2D eigenvalue weighted by atomic mass is 16.1. The van der Waals surface area contributed by atoms with E-state index in [9.17, 15) is 4.79 Å². The maximum Gasteiger partial charge on any atom is 0.233 e. The maximum atomic E-state index is 11.6. The van der Waals surface area contributed by atoms with E-state index in [4.69, 9.17) is 0 Å². The summed E-state index contributed by atoms with van der Waals surface area (Å²) in [5.74, 6) is 0.644. The third-order valence-corrected chi connectivity index (χ3v) is 3.53. The number of hydrogen-bond acceptors (Lipinski definition) is 3. The molecule has 0 saturated carbocycles. The molecule has 18 heavy (non-hydrogen) atoms. The molecule has 1 heterocycles. The molecule has 1 amide bonds. The second kappa shape index (κ2) is 8.48. The number of rotatable bonds is 6. The van der Waals surface area contributed by atoms with Gasteiger partial charge < -0.3 is 15.5 Å². The van der Waals surface area contributed by atoms with Crippen LogP contribution in [0.2, 0.25) is 0 Å². The molecule has 1 aliphatic heterocycles. The Balaban J connectivity index is 2.16. The lowest BCUT2D eigenvalue weighted by Crippen LogP contribution is -2.40. The minimum atomic E-state index is 0.125. The highest BCUT2D eigenvalue weighted by Crippen LogP contribution is 2.10. The number of nitrogens with zero attached hydrogens (tertiary/aromatic N) is 1. The molecule has 0 bridgehead atoms. The second-order valence-corrected chi connectivity index (χ2v) is 5.64. The Hall–Kier alpha value is -0.610. The quantitative estimate of drug-likeness (QED) is 0.750. The summed E-state index contributed by atoms with van der Waals surface area (Å²) in [6.45, 7) is 11.2. The number of amides is 1. The van der Waals surface area contributed by atoms with Crippen LogP contribution in [0.1, 0.15) is 40.0 Å². The van der Waals surface area contributed by atoms with Crippen LogP contribution in [0.15, 0.2) is 0 Å². The lowest BCUT2D eigenvalue weighted by atomic mass is 10.1. The average molecular weight is 255 g/mol. The molecule has 4 heteroatoms. The van der Waals surface area contributed by atoms with E-state index in [2.05, 4.69) is 36.3 Å². The van der Waals surface area contributed by atoms with Gasteiger partial charge >= 0.3 is 0 Å². The van der Waals surface area contributed by atoms with E-state index in [1.54, 1.807) is 0 Å². The SMILES string of the molecule is CCN1CCCC(NCC(=O)NCC(C)C)CC1. The molecule has 0 radical (unpaired) electrons. The van der Waals surface area contributed by atoms with Gasteiger partial charge in [-0.15, -0.1) is 0 Å². The van der Waals surface area contributed by atoms with E-state index in [1.165, 1.54) is 19.4 Å². The van der Waals surface area contributed by atoms with Crippen molar-refractivity contribution in [2.24, 2.45) is 5.92 Å². The standard InChI is InChI=1S/C14H29N3O/c1-4-17-8-5-6-13(7-9-17)15-11-14(18)16-10-12(2)3/h12-13,15H,4-11H2,1-3H3,(H,16,18). The zero-order valence-electron chi connectivity index (χ0n) is 12.2. The van der Waals surface area contributed by atoms with Crippen molar-refractivity contribution in [3.8, 4) is 0 Å². The predicted molar refractivity (Wildman–Crippen MR) is 75.6 cm³/mol. The molecule has 1 rings (SSSR count). The summed E-state index contributed by atoms with van der Waals surface area (Å²) in [6.07, 6.45) is 3.58. The number of likely N-dealkylation sites (tertiary alicyclic amines) is 1. The molecule has 0 aromatic rings. The Morgan fingerprint density at radius 1 is 1.33 bits per heavy atom. The zero-order valence-corrected chi connectivity index (χ0v) is 12.2. The molecule has 0 aliphatic carbocycles. The highest BCUT2D eigenvalue weighted by molar-refractivity contribution is 5.77. The fourth-order valence-electron chi connectivity index (χ4n) is 2.29. The molecule has 1 aliphatic rings. The Bertz CT molecular complexity index is 243. The molecular formula is C14H29N3O. The van der Waals surface area contributed by atoms with E-state index >= 15 is 0 Å². The summed E-state index contributed by atoms with van der Waals surface area (Å²) >= 11 is 0. The van der Waals surface area contributed by atoms with Crippen molar-refractivity contribution in [3.63, 3.8) is 0 Å². The first-order chi connectivity index (χ1) is 8.61. The van der Waals surface area contributed by atoms with Crippen LogP contribution in [-0.4, -0.2) is 49.6 Å². The first-order valence-electron chi connectivity index (χ1n) is 7.34. The number of hydrogen-bond donors (Lipinski definition) is 2. The van der Waals surface area contributed by atoms with Crippen LogP contribution in [0, 0.1) is 5.92 Å². The van der Waals surface area contributed by atoms with Gasteiger partial charge in [0.05, 0.1) is 6.54 Å². The zero-order chi connectivity index (χ0) is 13.4. The Labute approximate surface area is 111 Å². The van der Waals surface area contributed by atoms with Crippen molar-refractivity contribution in [3.05, 3.63) is 0 Å². The monoisotopic (exact) mass is 255 g/mol. The molecule has 1 atom stereocenters. The van der Waals surface area contributed by atoms with Crippen molar-refractivity contribution < 1.29 is 4.79 Å². The minimum absolute atomic E-state index is 0.125. The Kier molecular flexibility index (Phi) is 7.28. The number of carbonyl (C=O) groups excluding carboxylic acids is 1. The van der Waals surface area contributed by atoms with Crippen LogP contribution in [-0.2, 0) is 4.79 Å². The smallest absolute Gasteiger partial charge is 0.233 e. The Morgan fingerprint density at radius 2 is 2.11 bits per heavy atom. The summed E-state index contributed by atoms with van der Waals surface area (Å²) in [4.78, 5) is 14.1. The average Bonchev–Trinajstić information content (AvgIpc) is 2.58. The molecule has 1 saturated heterocycles. The van der Waals surface area contributed by atoms with Gasteiger partial charge in [-0.05, 0) is 44.8 Å². The third kappa shape index (κ3) is 6.36. The summed E-state index contributed by atoms with van der Waals surface area (Å²) in [6, 6.07) is 0.506. The van der Waals surface area contributed by atoms with Crippen LogP contribution in [0.25, 0.3) is 0 Å². The van der Waals surface area contributed by atoms with E-state index in [1.807, 2.05) is 0 Å². The maximum absolute atomic E-state index is 11.6. The van der Waals surface area contributed by atoms with E-state index < -0.39 is 0 Å². The minimum Gasteiger partial charge on any atom is -0.355 e. The van der Waals surface area contributed by atoms with Gasteiger partial charge in [0.2, 0.25) is 5.91 Å². The third-order valence-electron chi connectivity index (χ3n) is 3.53. The fourth-order valence-corrected chi connectivity index (χ4v) is 2.29. The van der Waals surface area contributed by atoms with Crippen LogP contribution in [0.5, 0.6) is 0 Å². The summed E-state index contributed by atoms with van der Waals surface area (Å²) in [5, 5.41) is 6.34. The van der Waals surface area contributed by atoms with Gasteiger partial charge in [-0.25, -0.2) is 0 Å². The molecular weight excluding hydrogens is 226 g/mol. The van der Waals surface area contributed by atoms with Gasteiger partial charge in [0.1, 0.15) is 0 Å². The summed E-state index contributed by atoms with van der Waals surface area (Å²) in [7, 11) is 0. The van der Waals surface area contributed by atoms with Crippen molar-refractivity contribution in [2.75, 3.05) is 32.7 Å². The van der Waals surface area contributed by atoms with Gasteiger partial charge in [0.15, 0.2) is 0 Å². The van der Waals surface area contributed by atoms with Gasteiger partial charge in [-0.3, -0.25) is 4.79 Å². The summed E-state index contributed by atoms with van der Waals surface area (Å²) < 4.78 is 0. The van der Waals surface area contributed by atoms with Gasteiger partial charge in [-0.2, -0.15) is 0 Å². The van der Waals surface area contributed by atoms with E-state index in [0.717, 1.165) is 26.1 Å². The second-order valence-electron chi connectivity index (χ2n) is 5.64. The largest absolute Gasteiger partial charge is 0.355 e. The first-order valence-corrected chi connectivity index (χ1v) is 7.34. The lowest BCUT2D eigenvalue weighted by molar-refractivity contribution is -0.120. The topological polar surface area (TPSA) is 44.4 Å². The predicted octanol–water partition coefficient (Wildman–Crippen LogP) is 1.22. The Morgan fingerprint density at radius 3 is 2.78 bits per heavy atom. The molecule has 4 nitrogen and oxygen atoms in total. The number of carbonyl (C=O) groups is 1. The van der Waals surface area contributed by atoms with E-state index in [-0.39, 0.29) is 5.91 Å². The molecule has 0 aromatic heterocycles. The molecule has 0 aromatic carbocycles. The normalized spacial score (nSPS) is 21.9. The lowest BCUT2D eigenvalue weighted by Gasteiger charge is -2.18. The first kappa shape index (κ1) is 15.4. The summed E-state index contributed by atoms with van der Waals surface area (Å²) in [5.41, 5.74) is 0. The van der Waals surface area contributed by atoms with Crippen molar-refractivity contribution >= 4 is 5.91 Å². The highest BCUT2D eigenvalue weighted by Gasteiger charge is 2.16. The van der Waals surface area contributed by atoms with Crippen molar-refractivity contribution in [1.82, 2.24) is 15.5 Å². The van der Waals surface area contributed by atoms with Gasteiger partial charge in [-0.1, -0.05) is 20.8 Å². The van der Waals surface area contributed by atoms with Crippen molar-refractivity contribution in [2.45, 2.75) is 46.1 Å². The molecule has 1 fully saturated rings. The number of nitrogens with one attached hydrogen (secondary N) is 2. The molecule has 0 spiro atoms. The van der Waals surface area contributed by atoms with E-state index in [0.29, 0.717) is 18.5 Å². The van der Waals surface area contributed by atoms with Crippen molar-refractivity contribution in [1.29, 1.82) is 0 Å². The van der Waals surface area contributed by atoms with Crippen LogP contribution in [0.3, 0.4) is 0 Å². The molecule has 2 N–H and O–H groups in total. The van der Waals surface area contributed by atoms with Gasteiger partial charge in [0.25, 0.3) is 0 Å².